The number of aromatic nitrogens is 2. The van der Waals surface area contributed by atoms with Crippen LogP contribution in [-0.4, -0.2) is 27.0 Å². The van der Waals surface area contributed by atoms with Crippen LogP contribution in [-0.2, 0) is 11.2 Å². The molecule has 1 aliphatic rings. The molecule has 0 spiro atoms. The van der Waals surface area contributed by atoms with E-state index in [1.54, 1.807) is 48.9 Å². The number of anilines is 1. The lowest BCUT2D eigenvalue weighted by molar-refractivity contribution is -0.116. The van der Waals surface area contributed by atoms with Gasteiger partial charge < -0.3 is 10.1 Å². The summed E-state index contributed by atoms with van der Waals surface area (Å²) in [7, 11) is 0. The third-order valence-corrected chi connectivity index (χ3v) is 4.42. The maximum Gasteiger partial charge on any atom is 0.276 e. The molecule has 2 aromatic heterocycles. The van der Waals surface area contributed by atoms with Gasteiger partial charge in [-0.2, -0.15) is 0 Å². The molecule has 3 heterocycles. The number of hydroxylamine groups is 1. The van der Waals surface area contributed by atoms with Crippen molar-refractivity contribution in [2.45, 2.75) is 19.8 Å². The van der Waals surface area contributed by atoms with Crippen molar-refractivity contribution >= 4 is 28.5 Å². The first-order valence-corrected chi connectivity index (χ1v) is 8.36. The number of aryl methyl sites for hydroxylation is 1. The Hall–Kier alpha value is -3.52. The Bertz CT molecular complexity index is 1080. The number of amides is 2. The lowest BCUT2D eigenvalue weighted by Gasteiger charge is -2.19. The van der Waals surface area contributed by atoms with Crippen molar-refractivity contribution in [2.24, 2.45) is 0 Å². The summed E-state index contributed by atoms with van der Waals surface area (Å²) in [6.45, 7) is 1.70. The van der Waals surface area contributed by atoms with Gasteiger partial charge in [-0.15, -0.1) is 0 Å². The first kappa shape index (κ1) is 16.9. The van der Waals surface area contributed by atoms with Crippen molar-refractivity contribution in [3.8, 4) is 11.5 Å². The summed E-state index contributed by atoms with van der Waals surface area (Å²) in [5.41, 5.74) is 3.98. The number of nitrogens with one attached hydrogen (secondary N) is 2. The minimum absolute atomic E-state index is 0.0611. The van der Waals surface area contributed by atoms with Crippen molar-refractivity contribution in [3.05, 3.63) is 53.3 Å². The highest BCUT2D eigenvalue weighted by atomic mass is 16.5. The van der Waals surface area contributed by atoms with Gasteiger partial charge in [-0.3, -0.25) is 19.8 Å². The van der Waals surface area contributed by atoms with Crippen LogP contribution in [0.5, 0.6) is 11.5 Å². The molecule has 0 saturated heterocycles. The average Bonchev–Trinajstić information content (AvgIpc) is 2.67. The van der Waals surface area contributed by atoms with Gasteiger partial charge in [0.1, 0.15) is 17.3 Å². The fourth-order valence-corrected chi connectivity index (χ4v) is 3.08. The third-order valence-electron chi connectivity index (χ3n) is 4.42. The first-order valence-electron chi connectivity index (χ1n) is 8.36. The number of hydrogen-bond acceptors (Lipinski definition) is 6. The summed E-state index contributed by atoms with van der Waals surface area (Å²) in [4.78, 5) is 31.9. The van der Waals surface area contributed by atoms with E-state index in [9.17, 15) is 9.59 Å². The van der Waals surface area contributed by atoms with Crippen LogP contribution >= 0.6 is 0 Å². The van der Waals surface area contributed by atoms with Gasteiger partial charge in [0, 0.05) is 23.6 Å². The number of fused-ring (bicyclic) bond motifs is 2. The van der Waals surface area contributed by atoms with Crippen LogP contribution in [0.4, 0.5) is 5.82 Å². The Morgan fingerprint density at radius 1 is 1.26 bits per heavy atom. The molecular weight excluding hydrogens is 348 g/mol. The summed E-state index contributed by atoms with van der Waals surface area (Å²) >= 11 is 0. The average molecular weight is 364 g/mol. The fraction of sp³-hybridized carbons (Fsp3) is 0.158. The molecule has 0 fully saturated rings. The molecule has 0 saturated carbocycles. The summed E-state index contributed by atoms with van der Waals surface area (Å²) < 4.78 is 6.01. The molecule has 8 heteroatoms. The van der Waals surface area contributed by atoms with Crippen LogP contribution in [0.25, 0.3) is 10.9 Å². The van der Waals surface area contributed by atoms with Gasteiger partial charge in [0.2, 0.25) is 5.91 Å². The molecule has 0 atom stereocenters. The Labute approximate surface area is 154 Å². The lowest BCUT2D eigenvalue weighted by atomic mass is 10.1. The largest absolute Gasteiger partial charge is 0.457 e. The topological polar surface area (TPSA) is 113 Å². The zero-order valence-electron chi connectivity index (χ0n) is 14.4. The van der Waals surface area contributed by atoms with Gasteiger partial charge in [0.05, 0.1) is 16.8 Å². The SMILES string of the molecule is Cc1nc2ccc(Oc3ccnc4c3CCC(=O)N4)cc2cc1C(=O)NO. The van der Waals surface area contributed by atoms with Crippen molar-refractivity contribution in [1.82, 2.24) is 15.4 Å². The molecule has 0 bridgehead atoms. The van der Waals surface area contributed by atoms with E-state index >= 15 is 0 Å². The first-order chi connectivity index (χ1) is 13.0. The molecule has 1 aliphatic heterocycles. The highest BCUT2D eigenvalue weighted by Gasteiger charge is 2.20. The standard InChI is InChI=1S/C19H16N4O4/c1-10-14(19(25)23-26)9-11-8-12(2-4-15(11)21-10)27-16-6-7-20-18-13(16)3-5-17(24)22-18/h2,4,6-9,26H,3,5H2,1H3,(H,23,25)(H,20,22,24). The number of rotatable bonds is 3. The maximum atomic E-state index is 11.8. The predicted molar refractivity (Wildman–Crippen MR) is 97.0 cm³/mol. The molecule has 2 amide bonds. The van der Waals surface area contributed by atoms with Crippen molar-refractivity contribution < 1.29 is 19.5 Å². The van der Waals surface area contributed by atoms with Gasteiger partial charge in [-0.25, -0.2) is 10.5 Å². The highest BCUT2D eigenvalue weighted by Crippen LogP contribution is 2.33. The quantitative estimate of drug-likeness (QED) is 0.486. The van der Waals surface area contributed by atoms with E-state index < -0.39 is 5.91 Å². The molecule has 0 aliphatic carbocycles. The van der Waals surface area contributed by atoms with Gasteiger partial charge in [-0.1, -0.05) is 0 Å². The Morgan fingerprint density at radius 2 is 2.11 bits per heavy atom. The molecule has 4 rings (SSSR count). The van der Waals surface area contributed by atoms with E-state index in [1.165, 1.54) is 0 Å². The molecular formula is C19H16N4O4. The van der Waals surface area contributed by atoms with E-state index in [2.05, 4.69) is 15.3 Å². The molecule has 1 aromatic carbocycles. The summed E-state index contributed by atoms with van der Waals surface area (Å²) in [6, 6.07) is 8.75. The summed E-state index contributed by atoms with van der Waals surface area (Å²) in [5.74, 6) is 1.02. The van der Waals surface area contributed by atoms with Crippen LogP contribution in [0.1, 0.15) is 28.0 Å². The molecule has 0 unspecified atom stereocenters. The molecule has 3 aromatic rings. The van der Waals surface area contributed by atoms with Gasteiger partial charge in [0.25, 0.3) is 5.91 Å². The van der Waals surface area contributed by atoms with Gasteiger partial charge in [-0.05, 0) is 43.7 Å². The molecule has 0 radical (unpaired) electrons. The Morgan fingerprint density at radius 3 is 2.93 bits per heavy atom. The van der Waals surface area contributed by atoms with Crippen LogP contribution in [0.2, 0.25) is 0 Å². The van der Waals surface area contributed by atoms with Crippen molar-refractivity contribution in [2.75, 3.05) is 5.32 Å². The van der Waals surface area contributed by atoms with E-state index in [1.807, 2.05) is 0 Å². The number of hydrogen-bond donors (Lipinski definition) is 3. The maximum absolute atomic E-state index is 11.8. The van der Waals surface area contributed by atoms with Gasteiger partial charge >= 0.3 is 0 Å². The second-order valence-corrected chi connectivity index (χ2v) is 6.20. The van der Waals surface area contributed by atoms with E-state index in [-0.39, 0.29) is 11.5 Å². The smallest absolute Gasteiger partial charge is 0.276 e. The zero-order chi connectivity index (χ0) is 19.0. The number of ether oxygens (including phenoxy) is 1. The molecule has 27 heavy (non-hydrogen) atoms. The second-order valence-electron chi connectivity index (χ2n) is 6.20. The number of pyridine rings is 2. The van der Waals surface area contributed by atoms with E-state index in [0.717, 1.165) is 5.56 Å². The number of benzene rings is 1. The number of carbonyl (C=O) groups is 2. The normalized spacial score (nSPS) is 13.0. The monoisotopic (exact) mass is 364 g/mol. The number of carbonyl (C=O) groups excluding carboxylic acids is 2. The second kappa shape index (κ2) is 6.65. The minimum atomic E-state index is -0.618. The van der Waals surface area contributed by atoms with E-state index in [4.69, 9.17) is 9.94 Å². The minimum Gasteiger partial charge on any atom is -0.457 e. The molecule has 8 nitrogen and oxygen atoms in total. The van der Waals surface area contributed by atoms with E-state index in [0.29, 0.717) is 46.8 Å². The molecule has 136 valence electrons. The summed E-state index contributed by atoms with van der Waals surface area (Å²) in [6.07, 6.45) is 2.52. The Balaban J connectivity index is 1.71. The Kier molecular flexibility index (Phi) is 4.17. The van der Waals surface area contributed by atoms with Crippen molar-refractivity contribution in [3.63, 3.8) is 0 Å². The molecule has 3 N–H and O–H groups in total. The predicted octanol–water partition coefficient (Wildman–Crippen LogP) is 2.73. The number of nitrogens with zero attached hydrogens (tertiary/aromatic N) is 2. The van der Waals surface area contributed by atoms with Crippen LogP contribution in [0.15, 0.2) is 36.5 Å². The third kappa shape index (κ3) is 3.18. The van der Waals surface area contributed by atoms with Crippen molar-refractivity contribution in [1.29, 1.82) is 0 Å². The highest BCUT2D eigenvalue weighted by molar-refractivity contribution is 5.98. The van der Waals surface area contributed by atoms with Crippen LogP contribution in [0.3, 0.4) is 0 Å². The van der Waals surface area contributed by atoms with Gasteiger partial charge in [0.15, 0.2) is 0 Å². The lowest BCUT2D eigenvalue weighted by Crippen LogP contribution is -2.20. The summed E-state index contributed by atoms with van der Waals surface area (Å²) in [5, 5.41) is 12.3. The van der Waals surface area contributed by atoms with Crippen LogP contribution in [0, 0.1) is 6.92 Å². The zero-order valence-corrected chi connectivity index (χ0v) is 14.4. The van der Waals surface area contributed by atoms with Crippen LogP contribution < -0.4 is 15.5 Å². The fourth-order valence-electron chi connectivity index (χ4n) is 3.08.